The van der Waals surface area contributed by atoms with Crippen LogP contribution in [0.5, 0.6) is 11.5 Å². The molecule has 0 aliphatic carbocycles. The summed E-state index contributed by atoms with van der Waals surface area (Å²) >= 11 is 6.73. The molecule has 0 aromatic heterocycles. The van der Waals surface area contributed by atoms with Crippen LogP contribution in [-0.2, 0) is 23.9 Å². The van der Waals surface area contributed by atoms with Gasteiger partial charge in [-0.25, -0.2) is 0 Å². The Labute approximate surface area is 353 Å². The molecule has 3 atom stereocenters. The van der Waals surface area contributed by atoms with Crippen LogP contribution in [0.4, 0.5) is 5.69 Å². The Bertz CT molecular complexity index is 1590. The molecule has 1 fully saturated rings. The van der Waals surface area contributed by atoms with E-state index in [-0.39, 0.29) is 43.4 Å². The molecule has 2 aliphatic heterocycles. The first-order valence-corrected chi connectivity index (χ1v) is 22.3. The predicted molar refractivity (Wildman–Crippen MR) is 231 cm³/mol. The number of likely N-dealkylation sites (tertiary alicyclic amines) is 1. The van der Waals surface area contributed by atoms with Gasteiger partial charge in [-0.05, 0) is 62.5 Å². The second-order valence-electron chi connectivity index (χ2n) is 17.3. The molecule has 2 aromatic rings. The minimum atomic E-state index is -0.884. The summed E-state index contributed by atoms with van der Waals surface area (Å²) < 4.78 is 24.4. The molecule has 0 radical (unpaired) electrons. The van der Waals surface area contributed by atoms with Crippen LogP contribution in [0.15, 0.2) is 36.4 Å². The van der Waals surface area contributed by atoms with Crippen molar-refractivity contribution >= 4 is 35.1 Å². The number of esters is 1. The minimum Gasteiger partial charge on any atom is -0.493 e. The van der Waals surface area contributed by atoms with Crippen LogP contribution in [0.25, 0.3) is 0 Å². The first-order chi connectivity index (χ1) is 27.9. The lowest BCUT2D eigenvalue weighted by molar-refractivity contribution is -0.144. The summed E-state index contributed by atoms with van der Waals surface area (Å²) in [5.41, 5.74) is 1.50. The van der Waals surface area contributed by atoms with E-state index in [0.717, 1.165) is 44.1 Å². The fourth-order valence-corrected chi connectivity index (χ4v) is 8.89. The average Bonchev–Trinajstić information content (AvgIpc) is 3.30. The maximum absolute atomic E-state index is 15.4. The van der Waals surface area contributed by atoms with Crippen LogP contribution < -0.4 is 14.4 Å². The number of piperidine rings is 1. The lowest BCUT2D eigenvalue weighted by atomic mass is 9.90. The number of para-hydroxylation sites is 1. The second-order valence-corrected chi connectivity index (χ2v) is 17.7. The molecule has 11 heteroatoms. The molecule has 2 aliphatic rings. The van der Waals surface area contributed by atoms with Crippen molar-refractivity contribution in [3.05, 3.63) is 52.5 Å². The van der Waals surface area contributed by atoms with Crippen molar-refractivity contribution < 1.29 is 38.4 Å². The van der Waals surface area contributed by atoms with E-state index in [0.29, 0.717) is 40.9 Å². The number of carbonyl (C=O) groups is 3. The Balaban J connectivity index is 1.66. The zero-order valence-electron chi connectivity index (χ0n) is 36.2. The van der Waals surface area contributed by atoms with Gasteiger partial charge in [0.1, 0.15) is 6.10 Å². The molecule has 324 valence electrons. The van der Waals surface area contributed by atoms with E-state index in [1.54, 1.807) is 25.2 Å². The van der Waals surface area contributed by atoms with Crippen molar-refractivity contribution in [1.82, 2.24) is 4.90 Å². The highest BCUT2D eigenvalue weighted by Gasteiger charge is 2.45. The molecular weight excluding hydrogens is 756 g/mol. The third kappa shape index (κ3) is 14.1. The standard InChI is InChI=1S/C47H71ClN2O8/c1-7-8-9-10-11-12-13-14-15-16-17-18-19-22-40(49-28-26-35(27-29-49)30-42(52)53)45-46(54)50(32-47(3,4)33-57-34(2)51)39-25-24-36(48)31-38(39)43(58-45)37-21-20-23-41(55-5)44(37)56-6/h20-21,23-25,31,35,40,43,45H,7-19,22,26-30,32-33H2,1-6H3,(H,52,53)/t40?,43-,45-/m1/s1. The number of carboxylic acids is 1. The first kappa shape index (κ1) is 47.3. The van der Waals surface area contributed by atoms with Crippen LogP contribution in [-0.4, -0.2) is 80.5 Å². The third-order valence-corrected chi connectivity index (χ3v) is 12.1. The smallest absolute Gasteiger partial charge is 0.303 e. The van der Waals surface area contributed by atoms with Gasteiger partial charge in [-0.2, -0.15) is 0 Å². The Morgan fingerprint density at radius 1 is 0.897 bits per heavy atom. The Hall–Kier alpha value is -3.34. The Morgan fingerprint density at radius 3 is 2.09 bits per heavy atom. The molecule has 58 heavy (non-hydrogen) atoms. The van der Waals surface area contributed by atoms with Gasteiger partial charge < -0.3 is 29.0 Å². The SMILES string of the molecule is CCCCCCCCCCCCCCCC([C@H]1O[C@H](c2cccc(OC)c2OC)c2cc(Cl)ccc2N(CC(C)(C)COC(C)=O)C1=O)N1CCC(CC(=O)O)CC1. The molecule has 10 nitrogen and oxygen atoms in total. The number of carboxylic acid groups (broad SMARTS) is 1. The van der Waals surface area contributed by atoms with Crippen molar-refractivity contribution in [3.63, 3.8) is 0 Å². The highest BCUT2D eigenvalue weighted by molar-refractivity contribution is 6.30. The van der Waals surface area contributed by atoms with Crippen molar-refractivity contribution in [2.75, 3.05) is 45.4 Å². The normalized spacial score (nSPS) is 18.4. The summed E-state index contributed by atoms with van der Waals surface area (Å²) in [5, 5.41) is 10.1. The molecule has 1 N–H and O–H groups in total. The van der Waals surface area contributed by atoms with E-state index in [2.05, 4.69) is 11.8 Å². The van der Waals surface area contributed by atoms with Crippen molar-refractivity contribution in [3.8, 4) is 11.5 Å². The van der Waals surface area contributed by atoms with Crippen LogP contribution in [0, 0.1) is 11.3 Å². The fourth-order valence-electron chi connectivity index (χ4n) is 8.71. The fraction of sp³-hybridized carbons (Fsp3) is 0.681. The van der Waals surface area contributed by atoms with Gasteiger partial charge in [-0.3, -0.25) is 19.3 Å². The highest BCUT2D eigenvalue weighted by Crippen LogP contribution is 2.46. The van der Waals surface area contributed by atoms with E-state index < -0.39 is 23.6 Å². The second kappa shape index (κ2) is 24.0. The van der Waals surface area contributed by atoms with Gasteiger partial charge in [0, 0.05) is 53.2 Å². The van der Waals surface area contributed by atoms with E-state index in [4.69, 9.17) is 30.5 Å². The van der Waals surface area contributed by atoms with E-state index in [9.17, 15) is 14.7 Å². The summed E-state index contributed by atoms with van der Waals surface area (Å²) in [7, 11) is 3.20. The van der Waals surface area contributed by atoms with Gasteiger partial charge in [0.15, 0.2) is 17.6 Å². The molecule has 1 unspecified atom stereocenters. The predicted octanol–water partition coefficient (Wildman–Crippen LogP) is 10.8. The van der Waals surface area contributed by atoms with E-state index >= 15 is 4.79 Å². The Morgan fingerprint density at radius 2 is 1.52 bits per heavy atom. The monoisotopic (exact) mass is 826 g/mol. The number of methoxy groups -OCH3 is 2. The van der Waals surface area contributed by atoms with Gasteiger partial charge >= 0.3 is 11.9 Å². The van der Waals surface area contributed by atoms with Crippen LogP contribution in [0.3, 0.4) is 0 Å². The summed E-state index contributed by atoms with van der Waals surface area (Å²) in [6, 6.07) is 10.9. The number of fused-ring (bicyclic) bond motifs is 1. The molecular formula is C47H71ClN2O8. The number of carbonyl (C=O) groups excluding carboxylic acids is 2. The number of ether oxygens (including phenoxy) is 4. The quantitative estimate of drug-likeness (QED) is 0.0772. The van der Waals surface area contributed by atoms with Gasteiger partial charge in [0.25, 0.3) is 5.91 Å². The number of anilines is 1. The van der Waals surface area contributed by atoms with Crippen LogP contribution in [0.1, 0.15) is 154 Å². The number of benzene rings is 2. The molecule has 1 amide bonds. The number of hydrogen-bond acceptors (Lipinski definition) is 8. The zero-order valence-corrected chi connectivity index (χ0v) is 37.0. The molecule has 4 rings (SSSR count). The maximum atomic E-state index is 15.4. The number of unbranched alkanes of at least 4 members (excludes halogenated alkanes) is 12. The summed E-state index contributed by atoms with van der Waals surface area (Å²) in [5.74, 6) is -0.173. The molecule has 2 heterocycles. The molecule has 0 spiro atoms. The van der Waals surface area contributed by atoms with Crippen molar-refractivity contribution in [1.29, 1.82) is 0 Å². The van der Waals surface area contributed by atoms with Crippen LogP contribution in [0.2, 0.25) is 5.02 Å². The van der Waals surface area contributed by atoms with E-state index in [1.807, 2.05) is 44.2 Å². The van der Waals surface area contributed by atoms with Crippen molar-refractivity contribution in [2.24, 2.45) is 11.3 Å². The van der Waals surface area contributed by atoms with Crippen molar-refractivity contribution in [2.45, 2.75) is 155 Å². The van der Waals surface area contributed by atoms with Gasteiger partial charge in [-0.15, -0.1) is 0 Å². The number of aliphatic carboxylic acids is 1. The van der Waals surface area contributed by atoms with E-state index in [1.165, 1.54) is 71.1 Å². The molecule has 2 aromatic carbocycles. The first-order valence-electron chi connectivity index (χ1n) is 22.0. The number of hydrogen-bond donors (Lipinski definition) is 1. The summed E-state index contributed by atoms with van der Waals surface area (Å²) in [6.45, 7) is 9.38. The molecule has 1 saturated heterocycles. The summed E-state index contributed by atoms with van der Waals surface area (Å²) in [4.78, 5) is 43.1. The number of rotatable bonds is 25. The maximum Gasteiger partial charge on any atom is 0.303 e. The number of amides is 1. The highest BCUT2D eigenvalue weighted by atomic mass is 35.5. The lowest BCUT2D eigenvalue weighted by Gasteiger charge is -2.42. The van der Waals surface area contributed by atoms with Crippen LogP contribution >= 0.6 is 11.6 Å². The van der Waals surface area contributed by atoms with Gasteiger partial charge in [0.05, 0.1) is 20.8 Å². The number of halogens is 1. The minimum absolute atomic E-state index is 0.0928. The lowest BCUT2D eigenvalue weighted by Crippen LogP contribution is -2.55. The summed E-state index contributed by atoms with van der Waals surface area (Å²) in [6.07, 6.45) is 17.0. The zero-order chi connectivity index (χ0) is 42.1. The van der Waals surface area contributed by atoms with Gasteiger partial charge in [0.2, 0.25) is 0 Å². The largest absolute Gasteiger partial charge is 0.493 e. The number of nitrogens with zero attached hydrogens (tertiary/aromatic N) is 2. The molecule has 0 bridgehead atoms. The third-order valence-electron chi connectivity index (χ3n) is 11.9. The Kier molecular flexibility index (Phi) is 19.6. The average molecular weight is 828 g/mol. The molecule has 0 saturated carbocycles. The topological polar surface area (TPSA) is 115 Å². The van der Waals surface area contributed by atoms with Gasteiger partial charge in [-0.1, -0.05) is 128 Å².